The lowest BCUT2D eigenvalue weighted by molar-refractivity contribution is -0.137. The Hall–Kier alpha value is -1.53. The molecule has 1 N–H and O–H groups in total. The van der Waals surface area contributed by atoms with Crippen molar-refractivity contribution in [3.8, 4) is 0 Å². The molecule has 1 aromatic rings. The van der Waals surface area contributed by atoms with E-state index in [1.807, 2.05) is 0 Å². The van der Waals surface area contributed by atoms with E-state index in [1.54, 1.807) is 13.8 Å². The van der Waals surface area contributed by atoms with Crippen LogP contribution < -0.4 is 5.32 Å². The lowest BCUT2D eigenvalue weighted by Crippen LogP contribution is -2.34. The van der Waals surface area contributed by atoms with Gasteiger partial charge in [-0.3, -0.25) is 4.79 Å². The third kappa shape index (κ3) is 3.48. The highest BCUT2D eigenvalue weighted by atomic mass is 19.2. The van der Waals surface area contributed by atoms with Crippen molar-refractivity contribution < 1.29 is 23.0 Å². The zero-order valence-electron chi connectivity index (χ0n) is 10.7. The fourth-order valence-corrected chi connectivity index (χ4v) is 1.81. The summed E-state index contributed by atoms with van der Waals surface area (Å²) in [5, 5.41) is 2.59. The molecule has 0 aliphatic carbocycles. The van der Waals surface area contributed by atoms with Crippen molar-refractivity contribution in [2.45, 2.75) is 25.7 Å². The van der Waals surface area contributed by atoms with Gasteiger partial charge in [0.2, 0.25) is 0 Å². The van der Waals surface area contributed by atoms with E-state index < -0.39 is 23.3 Å². The summed E-state index contributed by atoms with van der Waals surface area (Å²) in [7, 11) is 0. The van der Waals surface area contributed by atoms with Crippen molar-refractivity contribution in [2.75, 3.05) is 13.2 Å². The maximum Gasteiger partial charge on any atom is 0.251 e. The van der Waals surface area contributed by atoms with E-state index in [0.717, 1.165) is 12.1 Å². The van der Waals surface area contributed by atoms with Crippen LogP contribution in [-0.2, 0) is 9.47 Å². The summed E-state index contributed by atoms with van der Waals surface area (Å²) >= 11 is 0. The number of carbonyl (C=O) groups excluding carboxylic acids is 1. The van der Waals surface area contributed by atoms with E-state index >= 15 is 0 Å². The number of carbonyl (C=O) groups is 1. The molecule has 4 nitrogen and oxygen atoms in total. The first-order chi connectivity index (χ1) is 8.87. The molecular formula is C13H15F2NO3. The summed E-state index contributed by atoms with van der Waals surface area (Å²) in [6, 6.07) is 3.01. The number of rotatable bonds is 3. The molecule has 1 amide bonds. The largest absolute Gasteiger partial charge is 0.349 e. The highest BCUT2D eigenvalue weighted by Crippen LogP contribution is 2.21. The van der Waals surface area contributed by atoms with Gasteiger partial charge < -0.3 is 14.8 Å². The minimum atomic E-state index is -1.05. The van der Waals surface area contributed by atoms with Crippen LogP contribution in [0.2, 0.25) is 0 Å². The first kappa shape index (κ1) is 13.9. The Morgan fingerprint density at radius 3 is 2.74 bits per heavy atom. The summed E-state index contributed by atoms with van der Waals surface area (Å²) in [5.74, 6) is -3.16. The number of nitrogens with one attached hydrogen (secondary N) is 1. The highest BCUT2D eigenvalue weighted by molar-refractivity contribution is 5.94. The van der Waals surface area contributed by atoms with Crippen molar-refractivity contribution in [1.82, 2.24) is 5.32 Å². The lowest BCUT2D eigenvalue weighted by Gasteiger charge is -2.17. The molecular weight excluding hydrogens is 256 g/mol. The van der Waals surface area contributed by atoms with Crippen molar-refractivity contribution in [2.24, 2.45) is 0 Å². The van der Waals surface area contributed by atoms with E-state index in [-0.39, 0.29) is 18.2 Å². The van der Waals surface area contributed by atoms with Gasteiger partial charge in [0.15, 0.2) is 17.4 Å². The summed E-state index contributed by atoms with van der Waals surface area (Å²) in [6.07, 6.45) is -0.246. The second-order valence-electron chi connectivity index (χ2n) is 4.79. The van der Waals surface area contributed by atoms with Gasteiger partial charge in [0.05, 0.1) is 6.61 Å². The number of hydrogen-bond acceptors (Lipinski definition) is 3. The van der Waals surface area contributed by atoms with Crippen LogP contribution >= 0.6 is 0 Å². The second-order valence-corrected chi connectivity index (χ2v) is 4.79. The van der Waals surface area contributed by atoms with E-state index in [2.05, 4.69) is 5.32 Å². The first-order valence-corrected chi connectivity index (χ1v) is 5.92. The fraction of sp³-hybridized carbons (Fsp3) is 0.462. The lowest BCUT2D eigenvalue weighted by atomic mass is 10.2. The minimum Gasteiger partial charge on any atom is -0.349 e. The standard InChI is InChI=1S/C13H15F2NO3/c1-13(2)18-7-9(19-13)6-16-12(17)8-3-4-10(14)11(15)5-8/h3-5,9H,6-7H2,1-2H3,(H,16,17). The van der Waals surface area contributed by atoms with Gasteiger partial charge in [-0.2, -0.15) is 0 Å². The molecule has 1 fully saturated rings. The molecule has 1 heterocycles. The molecule has 1 atom stereocenters. The molecule has 1 aliphatic heterocycles. The summed E-state index contributed by atoms with van der Waals surface area (Å²) in [4.78, 5) is 11.7. The maximum absolute atomic E-state index is 13.0. The number of halogens is 2. The maximum atomic E-state index is 13.0. The van der Waals surface area contributed by atoms with Gasteiger partial charge in [-0.05, 0) is 32.0 Å². The Labute approximate surface area is 109 Å². The fourth-order valence-electron chi connectivity index (χ4n) is 1.81. The van der Waals surface area contributed by atoms with Gasteiger partial charge in [0, 0.05) is 12.1 Å². The third-order valence-electron chi connectivity index (χ3n) is 2.74. The van der Waals surface area contributed by atoms with Crippen LogP contribution in [-0.4, -0.2) is 30.9 Å². The van der Waals surface area contributed by atoms with E-state index in [1.165, 1.54) is 6.07 Å². The van der Waals surface area contributed by atoms with E-state index in [0.29, 0.717) is 6.61 Å². The number of amides is 1. The molecule has 1 saturated heterocycles. The normalized spacial score (nSPS) is 21.4. The molecule has 2 rings (SSSR count). The van der Waals surface area contributed by atoms with Crippen LogP contribution in [0.3, 0.4) is 0 Å². The summed E-state index contributed by atoms with van der Waals surface area (Å²) < 4.78 is 36.6. The Morgan fingerprint density at radius 2 is 2.16 bits per heavy atom. The van der Waals surface area contributed by atoms with Crippen LogP contribution in [0.5, 0.6) is 0 Å². The molecule has 1 aliphatic rings. The van der Waals surface area contributed by atoms with Gasteiger partial charge in [0.25, 0.3) is 5.91 Å². The second kappa shape index (κ2) is 5.22. The Bertz CT molecular complexity index is 491. The van der Waals surface area contributed by atoms with Crippen molar-refractivity contribution >= 4 is 5.91 Å². The monoisotopic (exact) mass is 271 g/mol. The number of hydrogen-bond donors (Lipinski definition) is 1. The third-order valence-corrected chi connectivity index (χ3v) is 2.74. The highest BCUT2D eigenvalue weighted by Gasteiger charge is 2.32. The molecule has 0 saturated carbocycles. The van der Waals surface area contributed by atoms with Gasteiger partial charge in [-0.1, -0.05) is 0 Å². The summed E-state index contributed by atoms with van der Waals surface area (Å²) in [6.45, 7) is 4.20. The van der Waals surface area contributed by atoms with Crippen LogP contribution in [0.25, 0.3) is 0 Å². The quantitative estimate of drug-likeness (QED) is 0.912. The van der Waals surface area contributed by atoms with Crippen LogP contribution in [0.4, 0.5) is 8.78 Å². The summed E-state index contributed by atoms with van der Waals surface area (Å²) in [5.41, 5.74) is 0.0667. The van der Waals surface area contributed by atoms with E-state index in [9.17, 15) is 13.6 Å². The van der Waals surface area contributed by atoms with Crippen LogP contribution in [0.15, 0.2) is 18.2 Å². The Balaban J connectivity index is 1.89. The Morgan fingerprint density at radius 1 is 1.42 bits per heavy atom. The molecule has 0 aromatic heterocycles. The van der Waals surface area contributed by atoms with Gasteiger partial charge in [-0.15, -0.1) is 0 Å². The molecule has 0 bridgehead atoms. The topological polar surface area (TPSA) is 47.6 Å². The molecule has 0 radical (unpaired) electrons. The van der Waals surface area contributed by atoms with Gasteiger partial charge in [0.1, 0.15) is 6.10 Å². The number of ether oxygens (including phenoxy) is 2. The van der Waals surface area contributed by atoms with Crippen LogP contribution in [0.1, 0.15) is 24.2 Å². The number of benzene rings is 1. The van der Waals surface area contributed by atoms with Crippen molar-refractivity contribution in [3.63, 3.8) is 0 Å². The smallest absolute Gasteiger partial charge is 0.251 e. The van der Waals surface area contributed by atoms with E-state index in [4.69, 9.17) is 9.47 Å². The molecule has 1 aromatic carbocycles. The van der Waals surface area contributed by atoms with Gasteiger partial charge >= 0.3 is 0 Å². The first-order valence-electron chi connectivity index (χ1n) is 5.92. The zero-order valence-corrected chi connectivity index (χ0v) is 10.7. The molecule has 1 unspecified atom stereocenters. The average Bonchev–Trinajstić information content (AvgIpc) is 2.69. The molecule has 0 spiro atoms. The average molecular weight is 271 g/mol. The van der Waals surface area contributed by atoms with Gasteiger partial charge in [-0.25, -0.2) is 8.78 Å². The molecule has 104 valence electrons. The zero-order chi connectivity index (χ0) is 14.0. The SMILES string of the molecule is CC1(C)OCC(CNC(=O)c2ccc(F)c(F)c2)O1. The predicted molar refractivity (Wildman–Crippen MR) is 63.6 cm³/mol. The Kier molecular flexibility index (Phi) is 3.82. The minimum absolute atomic E-state index is 0.0667. The van der Waals surface area contributed by atoms with Crippen LogP contribution in [0, 0.1) is 11.6 Å². The van der Waals surface area contributed by atoms with Crippen molar-refractivity contribution in [3.05, 3.63) is 35.4 Å². The van der Waals surface area contributed by atoms with Crippen molar-refractivity contribution in [1.29, 1.82) is 0 Å². The predicted octanol–water partition coefficient (Wildman–Crippen LogP) is 1.85. The molecule has 6 heteroatoms. The molecule has 19 heavy (non-hydrogen) atoms.